The Bertz CT molecular complexity index is 104. The molecule has 0 aromatic carbocycles. The van der Waals surface area contributed by atoms with Crippen LogP contribution in [0.3, 0.4) is 0 Å². The van der Waals surface area contributed by atoms with Crippen molar-refractivity contribution in [2.24, 2.45) is 0 Å². The molecule has 2 nitrogen and oxygen atoms in total. The van der Waals surface area contributed by atoms with E-state index in [1.54, 1.807) is 0 Å². The molecule has 10 heavy (non-hydrogen) atoms. The molecule has 0 saturated carbocycles. The molecule has 1 aliphatic heterocycles. The molecule has 0 radical (unpaired) electrons. The van der Waals surface area contributed by atoms with Crippen LogP contribution < -0.4 is 10.6 Å². The summed E-state index contributed by atoms with van der Waals surface area (Å²) < 4.78 is 0. The molecule has 1 fully saturated rings. The van der Waals surface area contributed by atoms with E-state index in [0.29, 0.717) is 11.6 Å². The van der Waals surface area contributed by atoms with Crippen molar-refractivity contribution in [3.63, 3.8) is 0 Å². The Labute approximate surface area is 63.4 Å². The van der Waals surface area contributed by atoms with Crippen LogP contribution in [-0.2, 0) is 0 Å². The van der Waals surface area contributed by atoms with Gasteiger partial charge in [0.2, 0.25) is 0 Å². The van der Waals surface area contributed by atoms with Crippen LogP contribution >= 0.6 is 0 Å². The van der Waals surface area contributed by atoms with Crippen molar-refractivity contribution >= 4 is 0 Å². The summed E-state index contributed by atoms with van der Waals surface area (Å²) in [7, 11) is 0. The topological polar surface area (TPSA) is 24.1 Å². The highest BCUT2D eigenvalue weighted by atomic mass is 15.1. The lowest BCUT2D eigenvalue weighted by molar-refractivity contribution is 0.254. The fourth-order valence-corrected chi connectivity index (χ4v) is 1.18. The fourth-order valence-electron chi connectivity index (χ4n) is 1.18. The third-order valence-electron chi connectivity index (χ3n) is 2.46. The third-order valence-corrected chi connectivity index (χ3v) is 2.46. The summed E-state index contributed by atoms with van der Waals surface area (Å²) in [5.41, 5.74) is 0.340. The molecule has 1 heterocycles. The first-order valence-corrected chi connectivity index (χ1v) is 4.15. The van der Waals surface area contributed by atoms with E-state index in [2.05, 4.69) is 31.4 Å². The second-order valence-corrected chi connectivity index (χ2v) is 3.58. The molecular weight excluding hydrogens is 124 g/mol. The predicted molar refractivity (Wildman–Crippen MR) is 44.2 cm³/mol. The van der Waals surface area contributed by atoms with Gasteiger partial charge >= 0.3 is 0 Å². The fraction of sp³-hybridized carbons (Fsp3) is 1.00. The van der Waals surface area contributed by atoms with Crippen molar-refractivity contribution in [3.8, 4) is 0 Å². The molecule has 0 aromatic heterocycles. The Morgan fingerprint density at radius 1 is 1.60 bits per heavy atom. The molecule has 0 amide bonds. The maximum atomic E-state index is 3.53. The standard InChI is InChI=1S/C8H18N2/c1-4-8(3)6-9-7(2)5-10-8/h7,9-10H,4-6H2,1-3H3/t7-,8?/m0/s1. The van der Waals surface area contributed by atoms with Crippen molar-refractivity contribution in [2.45, 2.75) is 38.8 Å². The molecule has 1 rings (SSSR count). The Morgan fingerprint density at radius 3 is 2.70 bits per heavy atom. The van der Waals surface area contributed by atoms with Gasteiger partial charge in [0.25, 0.3) is 0 Å². The van der Waals surface area contributed by atoms with E-state index in [9.17, 15) is 0 Å². The minimum absolute atomic E-state index is 0.340. The van der Waals surface area contributed by atoms with E-state index in [0.717, 1.165) is 13.1 Å². The molecule has 2 heteroatoms. The molecule has 2 N–H and O–H groups in total. The molecule has 2 atom stereocenters. The summed E-state index contributed by atoms with van der Waals surface area (Å²) in [4.78, 5) is 0. The van der Waals surface area contributed by atoms with Crippen molar-refractivity contribution in [2.75, 3.05) is 13.1 Å². The lowest BCUT2D eigenvalue weighted by Crippen LogP contribution is -2.60. The van der Waals surface area contributed by atoms with Gasteiger partial charge in [-0.3, -0.25) is 0 Å². The zero-order chi connectivity index (χ0) is 7.61. The average molecular weight is 142 g/mol. The lowest BCUT2D eigenvalue weighted by Gasteiger charge is -2.37. The molecule has 0 bridgehead atoms. The average Bonchev–Trinajstić information content (AvgIpc) is 1.96. The smallest absolute Gasteiger partial charge is 0.0276 e. The van der Waals surface area contributed by atoms with E-state index in [-0.39, 0.29) is 0 Å². The maximum absolute atomic E-state index is 3.53. The van der Waals surface area contributed by atoms with Crippen LogP contribution in [0.2, 0.25) is 0 Å². The van der Waals surface area contributed by atoms with Gasteiger partial charge in [0.1, 0.15) is 0 Å². The SMILES string of the molecule is CCC1(C)CN[C@@H](C)CN1. The Hall–Kier alpha value is -0.0800. The summed E-state index contributed by atoms with van der Waals surface area (Å²) >= 11 is 0. The molecule has 60 valence electrons. The van der Waals surface area contributed by atoms with Gasteiger partial charge < -0.3 is 10.6 Å². The highest BCUT2D eigenvalue weighted by Crippen LogP contribution is 2.10. The number of piperazine rings is 1. The second kappa shape index (κ2) is 2.89. The van der Waals surface area contributed by atoms with Gasteiger partial charge in [-0.1, -0.05) is 6.92 Å². The first kappa shape index (κ1) is 8.02. The normalized spacial score (nSPS) is 41.7. The molecule has 1 saturated heterocycles. The van der Waals surface area contributed by atoms with Crippen molar-refractivity contribution in [1.82, 2.24) is 10.6 Å². The van der Waals surface area contributed by atoms with Gasteiger partial charge in [-0.2, -0.15) is 0 Å². The molecule has 0 aliphatic carbocycles. The number of hydrogen-bond acceptors (Lipinski definition) is 2. The number of rotatable bonds is 1. The van der Waals surface area contributed by atoms with Crippen molar-refractivity contribution in [3.05, 3.63) is 0 Å². The summed E-state index contributed by atoms with van der Waals surface area (Å²) in [5.74, 6) is 0. The lowest BCUT2D eigenvalue weighted by atomic mass is 9.96. The van der Waals surface area contributed by atoms with Gasteiger partial charge in [0, 0.05) is 24.7 Å². The van der Waals surface area contributed by atoms with Crippen LogP contribution in [-0.4, -0.2) is 24.7 Å². The summed E-state index contributed by atoms with van der Waals surface area (Å²) in [6, 6.07) is 0.639. The minimum atomic E-state index is 0.340. The zero-order valence-electron chi connectivity index (χ0n) is 7.20. The van der Waals surface area contributed by atoms with E-state index in [1.807, 2.05) is 0 Å². The van der Waals surface area contributed by atoms with Crippen LogP contribution in [0.5, 0.6) is 0 Å². The van der Waals surface area contributed by atoms with Crippen LogP contribution in [0.25, 0.3) is 0 Å². The van der Waals surface area contributed by atoms with E-state index in [1.165, 1.54) is 6.42 Å². The Kier molecular flexibility index (Phi) is 2.32. The molecule has 1 unspecified atom stereocenters. The molecular formula is C8H18N2. The molecule has 0 spiro atoms. The highest BCUT2D eigenvalue weighted by Gasteiger charge is 2.25. The van der Waals surface area contributed by atoms with Gasteiger partial charge in [-0.25, -0.2) is 0 Å². The minimum Gasteiger partial charge on any atom is -0.311 e. The monoisotopic (exact) mass is 142 g/mol. The third kappa shape index (κ3) is 1.70. The first-order chi connectivity index (χ1) is 4.66. The van der Waals surface area contributed by atoms with Gasteiger partial charge in [0.05, 0.1) is 0 Å². The van der Waals surface area contributed by atoms with Gasteiger partial charge in [-0.15, -0.1) is 0 Å². The Morgan fingerprint density at radius 2 is 2.30 bits per heavy atom. The Balaban J connectivity index is 2.38. The van der Waals surface area contributed by atoms with Crippen LogP contribution in [0, 0.1) is 0 Å². The van der Waals surface area contributed by atoms with Crippen LogP contribution in [0.15, 0.2) is 0 Å². The van der Waals surface area contributed by atoms with Gasteiger partial charge in [0.15, 0.2) is 0 Å². The summed E-state index contributed by atoms with van der Waals surface area (Å²) in [6.45, 7) is 8.91. The summed E-state index contributed by atoms with van der Waals surface area (Å²) in [6.07, 6.45) is 1.20. The molecule has 0 aromatic rings. The first-order valence-electron chi connectivity index (χ1n) is 4.15. The van der Waals surface area contributed by atoms with Crippen molar-refractivity contribution < 1.29 is 0 Å². The quantitative estimate of drug-likeness (QED) is 0.564. The van der Waals surface area contributed by atoms with Gasteiger partial charge in [-0.05, 0) is 20.3 Å². The zero-order valence-corrected chi connectivity index (χ0v) is 7.20. The van der Waals surface area contributed by atoms with Crippen LogP contribution in [0.1, 0.15) is 27.2 Å². The number of hydrogen-bond donors (Lipinski definition) is 2. The van der Waals surface area contributed by atoms with E-state index in [4.69, 9.17) is 0 Å². The number of nitrogens with one attached hydrogen (secondary N) is 2. The molecule has 1 aliphatic rings. The predicted octanol–water partition coefficient (Wildman–Crippen LogP) is 0.736. The largest absolute Gasteiger partial charge is 0.311 e. The van der Waals surface area contributed by atoms with Crippen molar-refractivity contribution in [1.29, 1.82) is 0 Å². The maximum Gasteiger partial charge on any atom is 0.0276 e. The second-order valence-electron chi connectivity index (χ2n) is 3.58. The van der Waals surface area contributed by atoms with E-state index < -0.39 is 0 Å². The van der Waals surface area contributed by atoms with E-state index >= 15 is 0 Å². The summed E-state index contributed by atoms with van der Waals surface area (Å²) in [5, 5.41) is 6.99. The highest BCUT2D eigenvalue weighted by molar-refractivity contribution is 4.90. The van der Waals surface area contributed by atoms with Crippen LogP contribution in [0.4, 0.5) is 0 Å².